The SMILES string of the molecule is CCC(CC)NS(=O)(=O)c1ccc(N2CCC(C(=O)N3CCN(C)CC3)CC2)nc1. The highest BCUT2D eigenvalue weighted by Gasteiger charge is 2.30. The number of aromatic nitrogens is 1. The highest BCUT2D eigenvalue weighted by molar-refractivity contribution is 7.89. The number of carbonyl (C=O) groups excluding carboxylic acids is 1. The number of carbonyl (C=O) groups is 1. The number of piperidine rings is 1. The number of pyridine rings is 1. The largest absolute Gasteiger partial charge is 0.357 e. The Labute approximate surface area is 180 Å². The molecular formula is C21H35N5O3S. The van der Waals surface area contributed by atoms with E-state index in [1.54, 1.807) is 12.1 Å². The number of rotatable bonds is 7. The third-order valence-electron chi connectivity index (χ3n) is 6.32. The van der Waals surface area contributed by atoms with E-state index in [1.807, 2.05) is 18.7 Å². The lowest BCUT2D eigenvalue weighted by Crippen LogP contribution is -2.50. The summed E-state index contributed by atoms with van der Waals surface area (Å²) in [4.78, 5) is 23.8. The second-order valence-electron chi connectivity index (χ2n) is 8.38. The van der Waals surface area contributed by atoms with Gasteiger partial charge in [0.15, 0.2) is 0 Å². The summed E-state index contributed by atoms with van der Waals surface area (Å²) < 4.78 is 27.8. The summed E-state index contributed by atoms with van der Waals surface area (Å²) in [6, 6.07) is 3.32. The lowest BCUT2D eigenvalue weighted by Gasteiger charge is -2.37. The third kappa shape index (κ3) is 5.50. The molecule has 1 aromatic heterocycles. The van der Waals surface area contributed by atoms with Crippen LogP contribution in [-0.4, -0.2) is 81.5 Å². The number of likely N-dealkylation sites (N-methyl/N-ethyl adjacent to an activating group) is 1. The van der Waals surface area contributed by atoms with Crippen molar-refractivity contribution >= 4 is 21.7 Å². The van der Waals surface area contributed by atoms with Crippen LogP contribution in [0.4, 0.5) is 5.82 Å². The second-order valence-corrected chi connectivity index (χ2v) is 10.1. The van der Waals surface area contributed by atoms with Gasteiger partial charge in [-0.3, -0.25) is 4.79 Å². The minimum Gasteiger partial charge on any atom is -0.357 e. The maximum absolute atomic E-state index is 12.8. The van der Waals surface area contributed by atoms with E-state index < -0.39 is 10.0 Å². The number of hydrogen-bond donors (Lipinski definition) is 1. The number of anilines is 1. The van der Waals surface area contributed by atoms with Gasteiger partial charge in [0.25, 0.3) is 0 Å². The summed E-state index contributed by atoms with van der Waals surface area (Å²) >= 11 is 0. The summed E-state index contributed by atoms with van der Waals surface area (Å²) in [6.45, 7) is 8.97. The minimum atomic E-state index is -3.55. The van der Waals surface area contributed by atoms with Gasteiger partial charge in [0.05, 0.1) is 0 Å². The van der Waals surface area contributed by atoms with E-state index in [4.69, 9.17) is 0 Å². The van der Waals surface area contributed by atoms with E-state index in [9.17, 15) is 13.2 Å². The van der Waals surface area contributed by atoms with Gasteiger partial charge in [-0.2, -0.15) is 0 Å². The molecule has 168 valence electrons. The van der Waals surface area contributed by atoms with Crippen LogP contribution in [-0.2, 0) is 14.8 Å². The predicted octanol–water partition coefficient (Wildman–Crippen LogP) is 1.54. The second kappa shape index (κ2) is 10.1. The van der Waals surface area contributed by atoms with Crippen LogP contribution in [0.15, 0.2) is 23.2 Å². The minimum absolute atomic E-state index is 0.0634. The fraction of sp³-hybridized carbons (Fsp3) is 0.714. The molecule has 1 N–H and O–H groups in total. The first-order chi connectivity index (χ1) is 14.3. The first kappa shape index (κ1) is 23.0. The van der Waals surface area contributed by atoms with Gasteiger partial charge in [0.2, 0.25) is 15.9 Å². The van der Waals surface area contributed by atoms with Crippen molar-refractivity contribution < 1.29 is 13.2 Å². The van der Waals surface area contributed by atoms with E-state index in [-0.39, 0.29) is 22.8 Å². The highest BCUT2D eigenvalue weighted by atomic mass is 32.2. The molecule has 0 aliphatic carbocycles. The van der Waals surface area contributed by atoms with Crippen molar-refractivity contribution in [1.29, 1.82) is 0 Å². The Morgan fingerprint density at radius 3 is 2.27 bits per heavy atom. The average Bonchev–Trinajstić information content (AvgIpc) is 2.78. The molecule has 2 fully saturated rings. The fourth-order valence-corrected chi connectivity index (χ4v) is 5.45. The van der Waals surface area contributed by atoms with Crippen LogP contribution in [0.2, 0.25) is 0 Å². The van der Waals surface area contributed by atoms with Gasteiger partial charge < -0.3 is 14.7 Å². The lowest BCUT2D eigenvalue weighted by atomic mass is 9.95. The summed E-state index contributed by atoms with van der Waals surface area (Å²) in [5.41, 5.74) is 0. The number of sulfonamides is 1. The van der Waals surface area contributed by atoms with Gasteiger partial charge in [-0.15, -0.1) is 0 Å². The van der Waals surface area contributed by atoms with E-state index in [0.29, 0.717) is 0 Å². The van der Waals surface area contributed by atoms with E-state index in [2.05, 4.69) is 26.6 Å². The van der Waals surface area contributed by atoms with E-state index in [1.165, 1.54) is 6.20 Å². The highest BCUT2D eigenvalue weighted by Crippen LogP contribution is 2.24. The predicted molar refractivity (Wildman–Crippen MR) is 118 cm³/mol. The quantitative estimate of drug-likeness (QED) is 0.696. The first-order valence-corrected chi connectivity index (χ1v) is 12.5. The van der Waals surface area contributed by atoms with Crippen LogP contribution in [0.25, 0.3) is 0 Å². The summed E-state index contributed by atoms with van der Waals surface area (Å²) in [5.74, 6) is 1.13. The van der Waals surface area contributed by atoms with Gasteiger partial charge in [-0.25, -0.2) is 18.1 Å². The maximum atomic E-state index is 12.8. The van der Waals surface area contributed by atoms with Crippen molar-refractivity contribution in [2.75, 3.05) is 51.2 Å². The Balaban J connectivity index is 1.55. The maximum Gasteiger partial charge on any atom is 0.242 e. The number of piperazine rings is 1. The summed E-state index contributed by atoms with van der Waals surface area (Å²) in [7, 11) is -1.46. The van der Waals surface area contributed by atoms with Crippen LogP contribution in [0.5, 0.6) is 0 Å². The van der Waals surface area contributed by atoms with Crippen LogP contribution < -0.4 is 9.62 Å². The average molecular weight is 438 g/mol. The van der Waals surface area contributed by atoms with Gasteiger partial charge >= 0.3 is 0 Å². The molecular weight excluding hydrogens is 402 g/mol. The number of amides is 1. The molecule has 0 radical (unpaired) electrons. The smallest absolute Gasteiger partial charge is 0.242 e. The molecule has 0 spiro atoms. The Hall–Kier alpha value is -1.71. The standard InChI is InChI=1S/C21H35N5O3S/c1-4-18(5-2)23-30(28,29)19-6-7-20(22-16-19)25-10-8-17(9-11-25)21(27)26-14-12-24(3)13-15-26/h6-7,16-18,23H,4-5,8-15H2,1-3H3. The van der Waals surface area contributed by atoms with Crippen molar-refractivity contribution in [1.82, 2.24) is 19.5 Å². The van der Waals surface area contributed by atoms with Gasteiger partial charge in [0, 0.05) is 57.4 Å². The summed E-state index contributed by atoms with van der Waals surface area (Å²) in [6.07, 6.45) is 4.56. The molecule has 0 bridgehead atoms. The molecule has 0 saturated carbocycles. The molecule has 0 aromatic carbocycles. The van der Waals surface area contributed by atoms with Gasteiger partial charge in [-0.05, 0) is 44.9 Å². The van der Waals surface area contributed by atoms with Crippen molar-refractivity contribution in [3.05, 3.63) is 18.3 Å². The Morgan fingerprint density at radius 1 is 1.10 bits per heavy atom. The monoisotopic (exact) mass is 437 g/mol. The number of hydrogen-bond acceptors (Lipinski definition) is 6. The molecule has 3 heterocycles. The normalized spacial score (nSPS) is 19.5. The number of nitrogens with zero attached hydrogens (tertiary/aromatic N) is 4. The molecule has 30 heavy (non-hydrogen) atoms. The molecule has 2 saturated heterocycles. The molecule has 0 unspecified atom stereocenters. The van der Waals surface area contributed by atoms with Crippen molar-refractivity contribution in [3.63, 3.8) is 0 Å². The fourth-order valence-electron chi connectivity index (χ4n) is 4.10. The molecule has 3 rings (SSSR count). The zero-order chi connectivity index (χ0) is 21.7. The first-order valence-electron chi connectivity index (χ1n) is 11.0. The Bertz CT molecular complexity index is 794. The molecule has 8 nitrogen and oxygen atoms in total. The van der Waals surface area contributed by atoms with Crippen LogP contribution >= 0.6 is 0 Å². The molecule has 9 heteroatoms. The van der Waals surface area contributed by atoms with Gasteiger partial charge in [-0.1, -0.05) is 13.8 Å². The van der Waals surface area contributed by atoms with Gasteiger partial charge in [0.1, 0.15) is 10.7 Å². The van der Waals surface area contributed by atoms with Crippen LogP contribution in [0.1, 0.15) is 39.5 Å². The topological polar surface area (TPSA) is 85.8 Å². The van der Waals surface area contributed by atoms with Crippen LogP contribution in [0, 0.1) is 5.92 Å². The van der Waals surface area contributed by atoms with Crippen molar-refractivity contribution in [3.8, 4) is 0 Å². The molecule has 0 atom stereocenters. The molecule has 1 aromatic rings. The van der Waals surface area contributed by atoms with E-state index in [0.717, 1.165) is 70.8 Å². The van der Waals surface area contributed by atoms with Crippen molar-refractivity contribution in [2.45, 2.75) is 50.5 Å². The zero-order valence-electron chi connectivity index (χ0n) is 18.4. The molecule has 1 amide bonds. The lowest BCUT2D eigenvalue weighted by molar-refractivity contribution is -0.137. The van der Waals surface area contributed by atoms with Crippen molar-refractivity contribution in [2.24, 2.45) is 5.92 Å². The zero-order valence-corrected chi connectivity index (χ0v) is 19.2. The van der Waals surface area contributed by atoms with E-state index >= 15 is 0 Å². The third-order valence-corrected chi connectivity index (χ3v) is 7.83. The number of nitrogens with one attached hydrogen (secondary N) is 1. The Morgan fingerprint density at radius 2 is 1.73 bits per heavy atom. The van der Waals surface area contributed by atoms with Crippen LogP contribution in [0.3, 0.4) is 0 Å². The summed E-state index contributed by atoms with van der Waals surface area (Å²) in [5, 5.41) is 0. The Kier molecular flexibility index (Phi) is 7.70. The molecule has 2 aliphatic rings. The molecule has 2 aliphatic heterocycles.